The molecule has 11 heteroatoms. The largest absolute Gasteiger partial charge is 0.484 e. The third kappa shape index (κ3) is 8.25. The summed E-state index contributed by atoms with van der Waals surface area (Å²) in [5.74, 6) is -1.16. The van der Waals surface area contributed by atoms with Crippen LogP contribution in [0.4, 0.5) is 26.3 Å². The maximum absolute atomic E-state index is 13.7. The zero-order valence-electron chi connectivity index (χ0n) is 18.8. The fourth-order valence-corrected chi connectivity index (χ4v) is 4.48. The Hall–Kier alpha value is -2.17. The van der Waals surface area contributed by atoms with Gasteiger partial charge in [0.1, 0.15) is 11.5 Å². The predicted molar refractivity (Wildman–Crippen MR) is 113 cm³/mol. The first-order chi connectivity index (χ1) is 16.0. The lowest BCUT2D eigenvalue weighted by atomic mass is 9.92. The molecule has 2 aliphatic rings. The number of alkyl halides is 6. The van der Waals surface area contributed by atoms with Crippen LogP contribution in [0.15, 0.2) is 18.2 Å². The van der Waals surface area contributed by atoms with Crippen LogP contribution in [0, 0.1) is 0 Å². The van der Waals surface area contributed by atoms with E-state index < -0.39 is 31.5 Å². The number of halogens is 6. The fraction of sp³-hybridized carbons (Fsp3) is 0.696. The zero-order valence-corrected chi connectivity index (χ0v) is 18.8. The predicted octanol–water partition coefficient (Wildman–Crippen LogP) is 5.49. The number of carbonyl (C=O) groups is 1. The highest BCUT2D eigenvalue weighted by atomic mass is 19.4. The van der Waals surface area contributed by atoms with E-state index in [9.17, 15) is 31.1 Å². The molecule has 1 saturated carbocycles. The molecule has 192 valence electrons. The molecule has 1 heterocycles. The van der Waals surface area contributed by atoms with E-state index in [1.807, 2.05) is 0 Å². The lowest BCUT2D eigenvalue weighted by molar-refractivity contribution is -0.154. The van der Waals surface area contributed by atoms with E-state index in [0.717, 1.165) is 76.1 Å². The topological polar surface area (TPSA) is 50.8 Å². The number of amides is 1. The fourth-order valence-electron chi connectivity index (χ4n) is 4.48. The van der Waals surface area contributed by atoms with Gasteiger partial charge in [-0.2, -0.15) is 26.3 Å². The van der Waals surface area contributed by atoms with Crippen molar-refractivity contribution in [2.75, 3.05) is 26.3 Å². The highest BCUT2D eigenvalue weighted by molar-refractivity contribution is 5.97. The number of hydrogen-bond acceptors (Lipinski definition) is 4. The normalized spacial score (nSPS) is 20.1. The van der Waals surface area contributed by atoms with Crippen LogP contribution in [0.25, 0.3) is 0 Å². The lowest BCUT2D eigenvalue weighted by Gasteiger charge is -2.38. The number of rotatable bonds is 8. The number of benzene rings is 1. The molecule has 2 fully saturated rings. The van der Waals surface area contributed by atoms with E-state index in [-0.39, 0.29) is 29.1 Å². The van der Waals surface area contributed by atoms with Crippen molar-refractivity contribution in [2.45, 2.75) is 75.8 Å². The SMILES string of the molecule is O=C(c1cc(OCC(F)(F)F)ccc1OCC(F)(F)F)N(CC1CCCCN1)C1CCCCC1. The second kappa shape index (κ2) is 11.5. The Morgan fingerprint density at radius 2 is 1.56 bits per heavy atom. The minimum atomic E-state index is -4.64. The summed E-state index contributed by atoms with van der Waals surface area (Å²) in [5, 5.41) is 3.38. The van der Waals surface area contributed by atoms with Crippen LogP contribution < -0.4 is 14.8 Å². The quantitative estimate of drug-likeness (QED) is 0.484. The summed E-state index contributed by atoms with van der Waals surface area (Å²) >= 11 is 0. The van der Waals surface area contributed by atoms with Gasteiger partial charge in [-0.25, -0.2) is 0 Å². The minimum absolute atomic E-state index is 0.0452. The summed E-state index contributed by atoms with van der Waals surface area (Å²) in [5.41, 5.74) is -0.231. The third-order valence-corrected chi connectivity index (χ3v) is 6.08. The van der Waals surface area contributed by atoms with Gasteiger partial charge in [-0.1, -0.05) is 25.7 Å². The molecule has 1 aromatic carbocycles. The van der Waals surface area contributed by atoms with Gasteiger partial charge in [0, 0.05) is 18.6 Å². The zero-order chi connectivity index (χ0) is 24.8. The second-order valence-corrected chi connectivity index (χ2v) is 8.86. The lowest BCUT2D eigenvalue weighted by Crippen LogP contribution is -2.50. The van der Waals surface area contributed by atoms with E-state index in [4.69, 9.17) is 9.47 Å². The molecule has 1 N–H and O–H groups in total. The Kier molecular flexibility index (Phi) is 8.95. The molecule has 0 aromatic heterocycles. The summed E-state index contributed by atoms with van der Waals surface area (Å²) in [6.07, 6.45) is -1.91. The first-order valence-electron chi connectivity index (χ1n) is 11.6. The molecule has 34 heavy (non-hydrogen) atoms. The molecular weight excluding hydrogens is 466 g/mol. The summed E-state index contributed by atoms with van der Waals surface area (Å²) in [6.45, 7) is -2.01. The van der Waals surface area contributed by atoms with Crippen molar-refractivity contribution >= 4 is 5.91 Å². The first-order valence-corrected chi connectivity index (χ1v) is 11.6. The third-order valence-electron chi connectivity index (χ3n) is 6.08. The van der Waals surface area contributed by atoms with Gasteiger partial charge in [0.15, 0.2) is 13.2 Å². The van der Waals surface area contributed by atoms with Gasteiger partial charge in [0.2, 0.25) is 0 Å². The van der Waals surface area contributed by atoms with Gasteiger partial charge >= 0.3 is 12.4 Å². The molecule has 1 aliphatic heterocycles. The van der Waals surface area contributed by atoms with E-state index in [0.29, 0.717) is 6.54 Å². The van der Waals surface area contributed by atoms with Crippen molar-refractivity contribution in [2.24, 2.45) is 0 Å². The minimum Gasteiger partial charge on any atom is -0.484 e. The summed E-state index contributed by atoms with van der Waals surface area (Å²) in [7, 11) is 0. The van der Waals surface area contributed by atoms with Crippen LogP contribution in [0.5, 0.6) is 11.5 Å². The number of hydrogen-bond donors (Lipinski definition) is 1. The van der Waals surface area contributed by atoms with E-state index in [2.05, 4.69) is 5.32 Å². The van der Waals surface area contributed by atoms with Crippen molar-refractivity contribution in [3.05, 3.63) is 23.8 Å². The van der Waals surface area contributed by atoms with Crippen molar-refractivity contribution < 1.29 is 40.6 Å². The van der Waals surface area contributed by atoms with Gasteiger partial charge in [-0.05, 0) is 50.4 Å². The first kappa shape index (κ1) is 26.4. The van der Waals surface area contributed by atoms with Crippen molar-refractivity contribution in [1.82, 2.24) is 10.2 Å². The average molecular weight is 496 g/mol. The molecule has 1 atom stereocenters. The maximum Gasteiger partial charge on any atom is 0.422 e. The molecule has 1 amide bonds. The molecule has 0 radical (unpaired) electrons. The highest BCUT2D eigenvalue weighted by Crippen LogP contribution is 2.32. The number of piperidine rings is 1. The van der Waals surface area contributed by atoms with E-state index >= 15 is 0 Å². The summed E-state index contributed by atoms with van der Waals surface area (Å²) in [4.78, 5) is 15.3. The Bertz CT molecular complexity index is 803. The van der Waals surface area contributed by atoms with Crippen LogP contribution in [0.2, 0.25) is 0 Å². The Balaban J connectivity index is 1.89. The van der Waals surface area contributed by atoms with Crippen molar-refractivity contribution in [3.8, 4) is 11.5 Å². The van der Waals surface area contributed by atoms with Gasteiger partial charge in [-0.15, -0.1) is 0 Å². The highest BCUT2D eigenvalue weighted by Gasteiger charge is 2.34. The van der Waals surface area contributed by atoms with Crippen LogP contribution in [0.3, 0.4) is 0 Å². The van der Waals surface area contributed by atoms with Crippen LogP contribution in [0.1, 0.15) is 61.7 Å². The standard InChI is InChI=1S/C23H30F6N2O3/c24-22(25,26)14-33-18-9-10-20(34-15-23(27,28)29)19(12-18)21(32)31(17-7-2-1-3-8-17)13-16-6-4-5-11-30-16/h9-10,12,16-17,30H,1-8,11,13-15H2. The monoisotopic (exact) mass is 496 g/mol. The number of nitrogens with zero attached hydrogens (tertiary/aromatic N) is 1. The molecule has 3 rings (SSSR count). The Morgan fingerprint density at radius 1 is 0.912 bits per heavy atom. The van der Waals surface area contributed by atoms with Gasteiger partial charge < -0.3 is 19.7 Å². The molecule has 1 aliphatic carbocycles. The van der Waals surface area contributed by atoms with Crippen LogP contribution in [-0.2, 0) is 0 Å². The summed E-state index contributed by atoms with van der Waals surface area (Å²) < 4.78 is 85.8. The van der Waals surface area contributed by atoms with Gasteiger partial charge in [0.05, 0.1) is 5.56 Å². The van der Waals surface area contributed by atoms with Crippen molar-refractivity contribution in [1.29, 1.82) is 0 Å². The molecule has 5 nitrogen and oxygen atoms in total. The van der Waals surface area contributed by atoms with Crippen LogP contribution >= 0.6 is 0 Å². The Labute approximate surface area is 194 Å². The van der Waals surface area contributed by atoms with Crippen molar-refractivity contribution in [3.63, 3.8) is 0 Å². The van der Waals surface area contributed by atoms with Gasteiger partial charge in [0.25, 0.3) is 5.91 Å². The molecule has 1 aromatic rings. The average Bonchev–Trinajstić information content (AvgIpc) is 2.80. The number of carbonyl (C=O) groups excluding carboxylic acids is 1. The molecular formula is C23H30F6N2O3. The molecule has 0 bridgehead atoms. The summed E-state index contributed by atoms with van der Waals surface area (Å²) in [6, 6.07) is 3.12. The number of ether oxygens (including phenoxy) is 2. The smallest absolute Gasteiger partial charge is 0.422 e. The van der Waals surface area contributed by atoms with Gasteiger partial charge in [-0.3, -0.25) is 4.79 Å². The maximum atomic E-state index is 13.7. The van der Waals surface area contributed by atoms with E-state index in [1.54, 1.807) is 4.90 Å². The second-order valence-electron chi connectivity index (χ2n) is 8.86. The Morgan fingerprint density at radius 3 is 2.18 bits per heavy atom. The molecule has 1 unspecified atom stereocenters. The number of nitrogens with one attached hydrogen (secondary N) is 1. The molecule has 0 spiro atoms. The molecule has 1 saturated heterocycles. The van der Waals surface area contributed by atoms with E-state index in [1.165, 1.54) is 0 Å². The van der Waals surface area contributed by atoms with Crippen LogP contribution in [-0.4, -0.2) is 61.5 Å².